The molecule has 0 aliphatic carbocycles. The van der Waals surface area contributed by atoms with Crippen molar-refractivity contribution in [3.8, 4) is 0 Å². The molecule has 1 rings (SSSR count). The van der Waals surface area contributed by atoms with Gasteiger partial charge < -0.3 is 5.11 Å². The number of alkyl halides is 2. The van der Waals surface area contributed by atoms with Crippen LogP contribution in [0, 0.1) is 6.92 Å². The summed E-state index contributed by atoms with van der Waals surface area (Å²) in [5.74, 6) is -3.22. The number of nitrogens with zero attached hydrogens (tertiary/aromatic N) is 2. The number of thioether (sulfide) groups is 1. The Balaban J connectivity index is 3.03. The van der Waals surface area contributed by atoms with E-state index >= 15 is 0 Å². The summed E-state index contributed by atoms with van der Waals surface area (Å²) in [6.45, 7) is 2.62. The molecule has 112 valence electrons. The van der Waals surface area contributed by atoms with Crippen molar-refractivity contribution in [2.75, 3.05) is 5.75 Å². The number of hydrogen-bond donors (Lipinski definition) is 1. The first kappa shape index (κ1) is 16.9. The smallest absolute Gasteiger partial charge is 0.346 e. The fourth-order valence-corrected chi connectivity index (χ4v) is 3.38. The predicted molar refractivity (Wildman–Crippen MR) is 67.1 cm³/mol. The minimum atomic E-state index is -3.73. The Labute approximate surface area is 120 Å². The zero-order chi connectivity index (χ0) is 15.6. The second-order valence-corrected chi connectivity index (χ2v) is 6.31. The van der Waals surface area contributed by atoms with Crippen LogP contribution >= 0.6 is 23.1 Å². The number of carbonyl (C=O) groups is 2. The maximum Gasteiger partial charge on any atom is 0.346 e. The lowest BCUT2D eigenvalue weighted by atomic mass is 9.85. The standard InChI is InChI=1S/C10H11F3N2O3S2/c1-3-9(12,6(11)16)10(13,7(17)18)4-19-8-15-14-5(2)20-8/h3-4H2,1-2H3,(H,17,18). The number of aromatic nitrogens is 2. The molecule has 0 aliphatic rings. The average Bonchev–Trinajstić information content (AvgIpc) is 2.80. The molecule has 0 fully saturated rings. The Kier molecular flexibility index (Phi) is 5.14. The highest BCUT2D eigenvalue weighted by molar-refractivity contribution is 8.01. The highest BCUT2D eigenvalue weighted by Crippen LogP contribution is 2.40. The third kappa shape index (κ3) is 2.95. The van der Waals surface area contributed by atoms with Gasteiger partial charge in [-0.3, -0.25) is 4.79 Å². The number of carboxylic acid groups (broad SMARTS) is 1. The Hall–Kier alpha value is -1.16. The molecule has 20 heavy (non-hydrogen) atoms. The molecule has 2 unspecified atom stereocenters. The van der Waals surface area contributed by atoms with Gasteiger partial charge in [0.1, 0.15) is 5.01 Å². The SMILES string of the molecule is CCC(F)(C(=O)F)C(F)(CSc1nnc(C)s1)C(=O)O. The van der Waals surface area contributed by atoms with Crippen LogP contribution in [0.5, 0.6) is 0 Å². The number of halogens is 3. The van der Waals surface area contributed by atoms with E-state index < -0.39 is 35.5 Å². The summed E-state index contributed by atoms with van der Waals surface area (Å²) < 4.78 is 41.5. The van der Waals surface area contributed by atoms with Crippen LogP contribution in [-0.2, 0) is 9.59 Å². The topological polar surface area (TPSA) is 80.2 Å². The molecule has 0 radical (unpaired) electrons. The van der Waals surface area contributed by atoms with Crippen molar-refractivity contribution < 1.29 is 27.9 Å². The molecule has 1 aromatic rings. The Morgan fingerprint density at radius 3 is 2.30 bits per heavy atom. The number of carboxylic acids is 1. The fourth-order valence-electron chi connectivity index (χ4n) is 1.42. The maximum absolute atomic E-state index is 14.4. The van der Waals surface area contributed by atoms with Gasteiger partial charge in [0.2, 0.25) is 5.67 Å². The van der Waals surface area contributed by atoms with Crippen LogP contribution in [0.15, 0.2) is 4.34 Å². The van der Waals surface area contributed by atoms with Gasteiger partial charge in [-0.05, 0) is 13.3 Å². The predicted octanol–water partition coefficient (Wildman–Crippen LogP) is 2.35. The van der Waals surface area contributed by atoms with E-state index in [1.165, 1.54) is 0 Å². The molecule has 1 aromatic heterocycles. The van der Waals surface area contributed by atoms with Crippen molar-refractivity contribution in [2.45, 2.75) is 35.9 Å². The lowest BCUT2D eigenvalue weighted by Crippen LogP contribution is -2.58. The minimum Gasteiger partial charge on any atom is -0.479 e. The van der Waals surface area contributed by atoms with Gasteiger partial charge in [0.15, 0.2) is 4.34 Å². The molecule has 0 aliphatic heterocycles. The third-order valence-electron chi connectivity index (χ3n) is 2.67. The lowest BCUT2D eigenvalue weighted by molar-refractivity contribution is -0.173. The summed E-state index contributed by atoms with van der Waals surface area (Å²) in [6, 6.07) is -2.64. The second kappa shape index (κ2) is 6.08. The second-order valence-electron chi connectivity index (χ2n) is 3.91. The van der Waals surface area contributed by atoms with E-state index in [-0.39, 0.29) is 4.34 Å². The number of carbonyl (C=O) groups excluding carboxylic acids is 1. The van der Waals surface area contributed by atoms with E-state index in [9.17, 15) is 22.8 Å². The molecule has 0 amide bonds. The molecule has 1 N–H and O–H groups in total. The molecular formula is C10H11F3N2O3S2. The van der Waals surface area contributed by atoms with Gasteiger partial charge >= 0.3 is 12.0 Å². The number of hydrogen-bond acceptors (Lipinski definition) is 6. The molecule has 0 saturated heterocycles. The van der Waals surface area contributed by atoms with Gasteiger partial charge in [0.05, 0.1) is 0 Å². The number of aryl methyl sites for hydroxylation is 1. The van der Waals surface area contributed by atoms with E-state index in [0.717, 1.165) is 18.3 Å². The van der Waals surface area contributed by atoms with Gasteiger partial charge in [-0.15, -0.1) is 10.2 Å². The molecule has 5 nitrogen and oxygen atoms in total. The van der Waals surface area contributed by atoms with Gasteiger partial charge in [0.25, 0.3) is 5.67 Å². The van der Waals surface area contributed by atoms with E-state index in [1.54, 1.807) is 6.92 Å². The van der Waals surface area contributed by atoms with Crippen molar-refractivity contribution in [1.29, 1.82) is 0 Å². The monoisotopic (exact) mass is 328 g/mol. The lowest BCUT2D eigenvalue weighted by Gasteiger charge is -2.31. The summed E-state index contributed by atoms with van der Waals surface area (Å²) in [4.78, 5) is 21.7. The van der Waals surface area contributed by atoms with Crippen molar-refractivity contribution in [3.63, 3.8) is 0 Å². The van der Waals surface area contributed by atoms with E-state index in [4.69, 9.17) is 5.11 Å². The zero-order valence-corrected chi connectivity index (χ0v) is 12.2. The molecule has 1 heterocycles. The summed E-state index contributed by atoms with van der Waals surface area (Å²) >= 11 is 1.61. The van der Waals surface area contributed by atoms with Gasteiger partial charge in [-0.1, -0.05) is 30.0 Å². The van der Waals surface area contributed by atoms with Crippen LogP contribution < -0.4 is 0 Å². The van der Waals surface area contributed by atoms with Gasteiger partial charge in [-0.25, -0.2) is 13.6 Å². The van der Waals surface area contributed by atoms with Crippen molar-refractivity contribution in [2.24, 2.45) is 0 Å². The van der Waals surface area contributed by atoms with Crippen LogP contribution in [-0.4, -0.2) is 44.4 Å². The van der Waals surface area contributed by atoms with E-state index in [2.05, 4.69) is 10.2 Å². The normalized spacial score (nSPS) is 17.2. The third-order valence-corrected chi connectivity index (χ3v) is 4.78. The summed E-state index contributed by atoms with van der Waals surface area (Å²) in [5, 5.41) is 16.6. The van der Waals surface area contributed by atoms with Crippen molar-refractivity contribution in [3.05, 3.63) is 5.01 Å². The first-order chi connectivity index (χ1) is 9.17. The highest BCUT2D eigenvalue weighted by Gasteiger charge is 2.63. The molecule has 0 spiro atoms. The van der Waals surface area contributed by atoms with Crippen LogP contribution in [0.3, 0.4) is 0 Å². The number of aliphatic carboxylic acids is 1. The van der Waals surface area contributed by atoms with Crippen molar-refractivity contribution >= 4 is 35.1 Å². The zero-order valence-electron chi connectivity index (χ0n) is 10.5. The van der Waals surface area contributed by atoms with Crippen LogP contribution in [0.2, 0.25) is 0 Å². The summed E-state index contributed by atoms with van der Waals surface area (Å²) in [6.07, 6.45) is -0.930. The molecule has 0 aromatic carbocycles. The van der Waals surface area contributed by atoms with Gasteiger partial charge in [-0.2, -0.15) is 4.39 Å². The molecule has 10 heteroatoms. The van der Waals surface area contributed by atoms with E-state index in [0.29, 0.717) is 16.8 Å². The molecule has 0 bridgehead atoms. The van der Waals surface area contributed by atoms with Crippen molar-refractivity contribution in [1.82, 2.24) is 10.2 Å². The number of rotatable bonds is 7. The molecule has 0 saturated carbocycles. The fraction of sp³-hybridized carbons (Fsp3) is 0.600. The van der Waals surface area contributed by atoms with Crippen LogP contribution in [0.25, 0.3) is 0 Å². The first-order valence-electron chi connectivity index (χ1n) is 5.41. The summed E-state index contributed by atoms with van der Waals surface area (Å²) in [7, 11) is 0. The highest BCUT2D eigenvalue weighted by atomic mass is 32.2. The Bertz CT molecular complexity index is 528. The van der Waals surface area contributed by atoms with Crippen LogP contribution in [0.4, 0.5) is 13.2 Å². The quantitative estimate of drug-likeness (QED) is 0.611. The Morgan fingerprint density at radius 2 is 1.95 bits per heavy atom. The minimum absolute atomic E-state index is 0.204. The maximum atomic E-state index is 14.4. The van der Waals surface area contributed by atoms with Crippen LogP contribution in [0.1, 0.15) is 18.4 Å². The summed E-state index contributed by atoms with van der Waals surface area (Å²) in [5.41, 5.74) is -7.41. The molecule has 2 atom stereocenters. The first-order valence-corrected chi connectivity index (χ1v) is 7.21. The average molecular weight is 328 g/mol. The Morgan fingerprint density at radius 1 is 1.35 bits per heavy atom. The van der Waals surface area contributed by atoms with E-state index in [1.807, 2.05) is 0 Å². The largest absolute Gasteiger partial charge is 0.479 e. The molecular weight excluding hydrogens is 317 g/mol. The van der Waals surface area contributed by atoms with Gasteiger partial charge in [0, 0.05) is 5.75 Å².